The average molecular weight is 406 g/mol. The number of halogens is 1. The van der Waals surface area contributed by atoms with Crippen molar-refractivity contribution in [3.63, 3.8) is 0 Å². The van der Waals surface area contributed by atoms with Gasteiger partial charge in [-0.25, -0.2) is 4.52 Å². The van der Waals surface area contributed by atoms with E-state index in [0.717, 1.165) is 16.8 Å². The highest BCUT2D eigenvalue weighted by molar-refractivity contribution is 6.30. The molecule has 0 bridgehead atoms. The molecule has 4 aromatic rings. The molecule has 0 spiro atoms. The summed E-state index contributed by atoms with van der Waals surface area (Å²) in [6, 6.07) is 17.0. The standard InChI is InChI=1S/C22H20ClN5O/c1-13(2)19-18(15-8-5-4-6-9-15)21-26-25-20(14(3)28(21)27-19)22(29)24-17-11-7-10-16(23)12-17/h4-13H,1-3H3,(H,24,29). The fourth-order valence-corrected chi connectivity index (χ4v) is 3.46. The molecule has 0 aliphatic carbocycles. The highest BCUT2D eigenvalue weighted by Gasteiger charge is 2.23. The summed E-state index contributed by atoms with van der Waals surface area (Å²) in [4.78, 5) is 12.8. The molecule has 0 radical (unpaired) electrons. The van der Waals surface area contributed by atoms with Crippen LogP contribution >= 0.6 is 11.6 Å². The molecule has 0 atom stereocenters. The highest BCUT2D eigenvalue weighted by atomic mass is 35.5. The number of anilines is 1. The van der Waals surface area contributed by atoms with Gasteiger partial charge in [0.1, 0.15) is 0 Å². The van der Waals surface area contributed by atoms with Gasteiger partial charge in [0.2, 0.25) is 0 Å². The molecule has 0 aliphatic rings. The molecule has 2 aromatic heterocycles. The second-order valence-electron chi connectivity index (χ2n) is 7.11. The lowest BCUT2D eigenvalue weighted by molar-refractivity contribution is 0.102. The predicted octanol–water partition coefficient (Wildman–Crippen LogP) is 5.13. The van der Waals surface area contributed by atoms with Crippen LogP contribution in [0.4, 0.5) is 5.69 Å². The number of nitrogens with one attached hydrogen (secondary N) is 1. The maximum atomic E-state index is 12.8. The molecule has 0 aliphatic heterocycles. The Morgan fingerprint density at radius 3 is 2.52 bits per heavy atom. The third-order valence-electron chi connectivity index (χ3n) is 4.70. The smallest absolute Gasteiger partial charge is 0.278 e. The van der Waals surface area contributed by atoms with E-state index in [9.17, 15) is 4.79 Å². The van der Waals surface area contributed by atoms with E-state index >= 15 is 0 Å². The number of carbonyl (C=O) groups is 1. The molecular weight excluding hydrogens is 386 g/mol. The van der Waals surface area contributed by atoms with Crippen molar-refractivity contribution in [3.05, 3.63) is 76.7 Å². The zero-order valence-corrected chi connectivity index (χ0v) is 17.1. The Labute approximate surface area is 173 Å². The van der Waals surface area contributed by atoms with E-state index in [2.05, 4.69) is 29.4 Å². The van der Waals surface area contributed by atoms with Crippen LogP contribution in [-0.2, 0) is 0 Å². The number of rotatable bonds is 4. The minimum Gasteiger partial charge on any atom is -0.320 e. The van der Waals surface area contributed by atoms with Crippen LogP contribution in [0.1, 0.15) is 41.6 Å². The molecule has 7 heteroatoms. The molecule has 1 N–H and O–H groups in total. The summed E-state index contributed by atoms with van der Waals surface area (Å²) in [5.41, 5.74) is 4.96. The molecule has 29 heavy (non-hydrogen) atoms. The fourth-order valence-electron chi connectivity index (χ4n) is 3.27. The van der Waals surface area contributed by atoms with Crippen molar-refractivity contribution in [3.8, 4) is 11.1 Å². The third kappa shape index (κ3) is 3.59. The molecule has 0 saturated heterocycles. The Morgan fingerprint density at radius 1 is 1.07 bits per heavy atom. The third-order valence-corrected chi connectivity index (χ3v) is 4.94. The van der Waals surface area contributed by atoms with E-state index in [0.29, 0.717) is 22.1 Å². The number of hydrogen-bond donors (Lipinski definition) is 1. The second kappa shape index (κ2) is 7.64. The van der Waals surface area contributed by atoms with Gasteiger partial charge in [-0.1, -0.05) is 61.8 Å². The lowest BCUT2D eigenvalue weighted by Crippen LogP contribution is -2.18. The van der Waals surface area contributed by atoms with Crippen molar-refractivity contribution in [2.45, 2.75) is 26.7 Å². The van der Waals surface area contributed by atoms with Crippen LogP contribution in [0.2, 0.25) is 5.02 Å². The Morgan fingerprint density at radius 2 is 1.83 bits per heavy atom. The Balaban J connectivity index is 1.81. The first-order valence-corrected chi connectivity index (χ1v) is 9.71. The number of aryl methyl sites for hydroxylation is 1. The highest BCUT2D eigenvalue weighted by Crippen LogP contribution is 2.32. The quantitative estimate of drug-likeness (QED) is 0.511. The number of nitrogens with zero attached hydrogens (tertiary/aromatic N) is 4. The predicted molar refractivity (Wildman–Crippen MR) is 114 cm³/mol. The monoisotopic (exact) mass is 405 g/mol. The minimum absolute atomic E-state index is 0.190. The van der Waals surface area contributed by atoms with E-state index in [1.807, 2.05) is 37.3 Å². The van der Waals surface area contributed by atoms with Crippen molar-refractivity contribution in [2.75, 3.05) is 5.32 Å². The Hall–Kier alpha value is -3.25. The zero-order valence-electron chi connectivity index (χ0n) is 16.3. The van der Waals surface area contributed by atoms with Crippen LogP contribution in [0.15, 0.2) is 54.6 Å². The van der Waals surface area contributed by atoms with Gasteiger partial charge in [-0.05, 0) is 36.6 Å². The normalized spacial score (nSPS) is 11.2. The van der Waals surface area contributed by atoms with E-state index in [-0.39, 0.29) is 17.5 Å². The SMILES string of the molecule is Cc1c(C(=O)Nc2cccc(Cl)c2)nnc2c(-c3ccccc3)c(C(C)C)nn12. The minimum atomic E-state index is -0.359. The Kier molecular flexibility index (Phi) is 5.03. The van der Waals surface area contributed by atoms with Crippen molar-refractivity contribution >= 4 is 28.8 Å². The zero-order chi connectivity index (χ0) is 20.5. The summed E-state index contributed by atoms with van der Waals surface area (Å²) < 4.78 is 1.71. The lowest BCUT2D eigenvalue weighted by Gasteiger charge is -2.08. The van der Waals surface area contributed by atoms with E-state index in [1.54, 1.807) is 28.8 Å². The molecule has 1 amide bonds. The van der Waals surface area contributed by atoms with Gasteiger partial charge in [-0.15, -0.1) is 10.2 Å². The largest absolute Gasteiger partial charge is 0.320 e. The molecule has 0 saturated carbocycles. The number of aromatic nitrogens is 4. The summed E-state index contributed by atoms with van der Waals surface area (Å²) in [6.45, 7) is 5.99. The van der Waals surface area contributed by atoms with Crippen LogP contribution in [0.25, 0.3) is 16.8 Å². The van der Waals surface area contributed by atoms with Crippen LogP contribution in [-0.4, -0.2) is 25.7 Å². The summed E-state index contributed by atoms with van der Waals surface area (Å²) in [7, 11) is 0. The van der Waals surface area contributed by atoms with Gasteiger partial charge in [-0.2, -0.15) is 5.10 Å². The molecule has 0 unspecified atom stereocenters. The van der Waals surface area contributed by atoms with E-state index in [4.69, 9.17) is 16.7 Å². The number of hydrogen-bond acceptors (Lipinski definition) is 4. The van der Waals surface area contributed by atoms with Gasteiger partial charge in [0, 0.05) is 10.7 Å². The van der Waals surface area contributed by atoms with Crippen molar-refractivity contribution in [1.29, 1.82) is 0 Å². The molecule has 2 heterocycles. The summed E-state index contributed by atoms with van der Waals surface area (Å²) in [6.07, 6.45) is 0. The first-order chi connectivity index (χ1) is 14.0. The molecule has 0 fully saturated rings. The van der Waals surface area contributed by atoms with Crippen molar-refractivity contribution in [2.24, 2.45) is 0 Å². The van der Waals surface area contributed by atoms with E-state index in [1.165, 1.54) is 0 Å². The number of amides is 1. The first-order valence-electron chi connectivity index (χ1n) is 9.34. The number of benzene rings is 2. The number of fused-ring (bicyclic) bond motifs is 1. The first kappa shape index (κ1) is 19.1. The topological polar surface area (TPSA) is 72.2 Å². The van der Waals surface area contributed by atoms with E-state index < -0.39 is 0 Å². The molecule has 146 valence electrons. The molecule has 2 aromatic carbocycles. The number of carbonyl (C=O) groups excluding carboxylic acids is 1. The second-order valence-corrected chi connectivity index (χ2v) is 7.55. The Bertz CT molecular complexity index is 1200. The summed E-state index contributed by atoms with van der Waals surface area (Å²) >= 11 is 6.00. The van der Waals surface area contributed by atoms with Crippen LogP contribution < -0.4 is 5.32 Å². The average Bonchev–Trinajstić information content (AvgIpc) is 3.10. The van der Waals surface area contributed by atoms with Crippen LogP contribution in [0.3, 0.4) is 0 Å². The van der Waals surface area contributed by atoms with Gasteiger partial charge in [0.25, 0.3) is 5.91 Å². The maximum Gasteiger partial charge on any atom is 0.278 e. The van der Waals surface area contributed by atoms with Crippen molar-refractivity contribution < 1.29 is 4.79 Å². The van der Waals surface area contributed by atoms with Gasteiger partial charge < -0.3 is 5.32 Å². The molecule has 4 rings (SSSR count). The maximum absolute atomic E-state index is 12.8. The van der Waals surface area contributed by atoms with Gasteiger partial charge in [0.15, 0.2) is 11.3 Å². The molecule has 6 nitrogen and oxygen atoms in total. The van der Waals surface area contributed by atoms with Gasteiger partial charge in [-0.3, -0.25) is 4.79 Å². The van der Waals surface area contributed by atoms with Gasteiger partial charge >= 0.3 is 0 Å². The fraction of sp³-hybridized carbons (Fsp3) is 0.182. The van der Waals surface area contributed by atoms with Gasteiger partial charge in [0.05, 0.1) is 17.0 Å². The molecular formula is C22H20ClN5O. The van der Waals surface area contributed by atoms with Crippen molar-refractivity contribution in [1.82, 2.24) is 19.8 Å². The van der Waals surface area contributed by atoms with Crippen LogP contribution in [0, 0.1) is 6.92 Å². The lowest BCUT2D eigenvalue weighted by atomic mass is 10.00. The summed E-state index contributed by atoms with van der Waals surface area (Å²) in [5.74, 6) is -0.169. The van der Waals surface area contributed by atoms with Crippen LogP contribution in [0.5, 0.6) is 0 Å². The summed E-state index contributed by atoms with van der Waals surface area (Å²) in [5, 5.41) is 16.7.